The fourth-order valence-electron chi connectivity index (χ4n) is 1.86. The Labute approximate surface area is 118 Å². The summed E-state index contributed by atoms with van der Waals surface area (Å²) in [6, 6.07) is 8.56. The highest BCUT2D eigenvalue weighted by Crippen LogP contribution is 2.18. The number of thiazole rings is 1. The van der Waals surface area contributed by atoms with Gasteiger partial charge in [0.2, 0.25) is 0 Å². The largest absolute Gasteiger partial charge is 0.494 e. The summed E-state index contributed by atoms with van der Waals surface area (Å²) in [5.41, 5.74) is 1.26. The van der Waals surface area contributed by atoms with E-state index in [4.69, 9.17) is 4.74 Å². The van der Waals surface area contributed by atoms with Gasteiger partial charge in [-0.1, -0.05) is 12.1 Å². The number of hydrogen-bond acceptors (Lipinski definition) is 4. The lowest BCUT2D eigenvalue weighted by atomic mass is 10.1. The Bertz CT molecular complexity index is 507. The van der Waals surface area contributed by atoms with Crippen LogP contribution in [0.2, 0.25) is 0 Å². The third-order valence-electron chi connectivity index (χ3n) is 2.92. The zero-order valence-corrected chi connectivity index (χ0v) is 12.5. The summed E-state index contributed by atoms with van der Waals surface area (Å²) < 4.78 is 5.44. The van der Waals surface area contributed by atoms with Gasteiger partial charge in [-0.25, -0.2) is 4.98 Å². The molecular formula is C15H20N2OS. The van der Waals surface area contributed by atoms with Crippen molar-refractivity contribution in [1.29, 1.82) is 0 Å². The average Bonchev–Trinajstić information content (AvgIpc) is 2.83. The van der Waals surface area contributed by atoms with Crippen molar-refractivity contribution in [2.75, 3.05) is 6.61 Å². The first-order chi connectivity index (χ1) is 9.19. The normalized spacial score (nSPS) is 12.4. The predicted molar refractivity (Wildman–Crippen MR) is 79.7 cm³/mol. The van der Waals surface area contributed by atoms with E-state index in [1.165, 1.54) is 10.4 Å². The Morgan fingerprint density at radius 3 is 2.63 bits per heavy atom. The molecule has 1 aromatic carbocycles. The van der Waals surface area contributed by atoms with Crippen LogP contribution in [-0.4, -0.2) is 11.6 Å². The lowest BCUT2D eigenvalue weighted by Gasteiger charge is -2.14. The zero-order valence-electron chi connectivity index (χ0n) is 11.6. The van der Waals surface area contributed by atoms with Gasteiger partial charge in [-0.15, -0.1) is 11.3 Å². The van der Waals surface area contributed by atoms with Crippen molar-refractivity contribution in [3.63, 3.8) is 0 Å². The maximum Gasteiger partial charge on any atom is 0.119 e. The minimum absolute atomic E-state index is 0.305. The molecule has 0 aliphatic heterocycles. The molecule has 2 aromatic rings. The molecule has 0 fully saturated rings. The van der Waals surface area contributed by atoms with Crippen LogP contribution in [-0.2, 0) is 6.54 Å². The summed E-state index contributed by atoms with van der Waals surface area (Å²) in [5.74, 6) is 0.925. The van der Waals surface area contributed by atoms with E-state index in [9.17, 15) is 0 Å². The highest BCUT2D eigenvalue weighted by atomic mass is 32.1. The lowest BCUT2D eigenvalue weighted by molar-refractivity contribution is 0.340. The van der Waals surface area contributed by atoms with Crippen molar-refractivity contribution in [1.82, 2.24) is 10.3 Å². The molecule has 3 nitrogen and oxygen atoms in total. The van der Waals surface area contributed by atoms with Gasteiger partial charge in [0.15, 0.2) is 0 Å². The van der Waals surface area contributed by atoms with Gasteiger partial charge < -0.3 is 10.1 Å². The van der Waals surface area contributed by atoms with Gasteiger partial charge in [-0.2, -0.15) is 0 Å². The summed E-state index contributed by atoms with van der Waals surface area (Å²) in [7, 11) is 0. The second-order valence-electron chi connectivity index (χ2n) is 4.47. The molecule has 1 aromatic heterocycles. The number of rotatable bonds is 6. The maximum atomic E-state index is 5.44. The predicted octanol–water partition coefficient (Wildman–Crippen LogP) is 3.70. The fraction of sp³-hybridized carbons (Fsp3) is 0.400. The standard InChI is InChI=1S/C15H20N2OS/c1-4-18-14-7-5-13(6-8-14)12(3)16-10-15-17-9-11(2)19-15/h5-9,12,16H,4,10H2,1-3H3. The molecule has 19 heavy (non-hydrogen) atoms. The Balaban J connectivity index is 1.90. The molecule has 2 rings (SSSR count). The van der Waals surface area contributed by atoms with Gasteiger partial charge in [-0.3, -0.25) is 0 Å². The molecule has 0 amide bonds. The Hall–Kier alpha value is -1.39. The molecule has 0 bridgehead atoms. The van der Waals surface area contributed by atoms with Crippen molar-refractivity contribution < 1.29 is 4.74 Å². The molecule has 0 spiro atoms. The smallest absolute Gasteiger partial charge is 0.119 e. The highest BCUT2D eigenvalue weighted by Gasteiger charge is 2.06. The van der Waals surface area contributed by atoms with Crippen LogP contribution < -0.4 is 10.1 Å². The quantitative estimate of drug-likeness (QED) is 0.873. The Morgan fingerprint density at radius 1 is 1.32 bits per heavy atom. The first-order valence-electron chi connectivity index (χ1n) is 6.56. The van der Waals surface area contributed by atoms with Crippen LogP contribution in [0.3, 0.4) is 0 Å². The van der Waals surface area contributed by atoms with Crippen molar-refractivity contribution in [3.8, 4) is 5.75 Å². The average molecular weight is 276 g/mol. The molecule has 1 heterocycles. The summed E-state index contributed by atoms with van der Waals surface area (Å²) in [5, 5.41) is 4.62. The number of nitrogens with one attached hydrogen (secondary N) is 1. The van der Waals surface area contributed by atoms with Crippen molar-refractivity contribution in [3.05, 3.63) is 45.9 Å². The van der Waals surface area contributed by atoms with Crippen molar-refractivity contribution in [2.24, 2.45) is 0 Å². The third kappa shape index (κ3) is 4.04. The SMILES string of the molecule is CCOc1ccc(C(C)NCc2ncc(C)s2)cc1. The van der Waals surface area contributed by atoms with E-state index < -0.39 is 0 Å². The third-order valence-corrected chi connectivity index (χ3v) is 3.83. The molecule has 1 atom stereocenters. The Kier molecular flexibility index (Phi) is 4.93. The summed E-state index contributed by atoms with van der Waals surface area (Å²) in [6.45, 7) is 7.75. The van der Waals surface area contributed by atoms with Crippen molar-refractivity contribution in [2.45, 2.75) is 33.4 Å². The molecule has 0 radical (unpaired) electrons. The summed E-state index contributed by atoms with van der Waals surface area (Å²) in [6.07, 6.45) is 1.92. The van der Waals surface area contributed by atoms with E-state index >= 15 is 0 Å². The molecule has 4 heteroatoms. The lowest BCUT2D eigenvalue weighted by Crippen LogP contribution is -2.17. The molecular weight excluding hydrogens is 256 g/mol. The maximum absolute atomic E-state index is 5.44. The number of hydrogen-bond donors (Lipinski definition) is 1. The van der Waals surface area contributed by atoms with Gasteiger partial charge in [0.1, 0.15) is 10.8 Å². The van der Waals surface area contributed by atoms with E-state index in [0.29, 0.717) is 12.6 Å². The molecule has 102 valence electrons. The topological polar surface area (TPSA) is 34.1 Å². The van der Waals surface area contributed by atoms with Crippen LogP contribution in [0, 0.1) is 6.92 Å². The van der Waals surface area contributed by atoms with Crippen LogP contribution in [0.5, 0.6) is 5.75 Å². The number of aromatic nitrogens is 1. The van der Waals surface area contributed by atoms with Gasteiger partial charge in [0.25, 0.3) is 0 Å². The molecule has 1 N–H and O–H groups in total. The van der Waals surface area contributed by atoms with Gasteiger partial charge in [0, 0.05) is 23.7 Å². The molecule has 0 aliphatic carbocycles. The number of aryl methyl sites for hydroxylation is 1. The first kappa shape index (κ1) is 14.0. The minimum Gasteiger partial charge on any atom is -0.494 e. The number of ether oxygens (including phenoxy) is 1. The molecule has 1 unspecified atom stereocenters. The fourth-order valence-corrected chi connectivity index (χ4v) is 2.60. The van der Waals surface area contributed by atoms with Crippen molar-refractivity contribution >= 4 is 11.3 Å². The van der Waals surface area contributed by atoms with Crippen LogP contribution in [0.15, 0.2) is 30.5 Å². The number of nitrogens with zero attached hydrogens (tertiary/aromatic N) is 1. The second-order valence-corrected chi connectivity index (χ2v) is 5.79. The molecule has 0 aliphatic rings. The zero-order chi connectivity index (χ0) is 13.7. The minimum atomic E-state index is 0.305. The van der Waals surface area contributed by atoms with Crippen LogP contribution in [0.4, 0.5) is 0 Å². The Morgan fingerprint density at radius 2 is 2.05 bits per heavy atom. The van der Waals surface area contributed by atoms with E-state index in [1.54, 1.807) is 11.3 Å². The second kappa shape index (κ2) is 6.68. The monoisotopic (exact) mass is 276 g/mol. The van der Waals surface area contributed by atoms with Crippen LogP contribution in [0.25, 0.3) is 0 Å². The first-order valence-corrected chi connectivity index (χ1v) is 7.38. The van der Waals surface area contributed by atoms with Crippen LogP contribution in [0.1, 0.15) is 35.3 Å². The van der Waals surface area contributed by atoms with Gasteiger partial charge in [-0.05, 0) is 38.5 Å². The molecule has 0 saturated carbocycles. The highest BCUT2D eigenvalue weighted by molar-refractivity contribution is 7.11. The summed E-state index contributed by atoms with van der Waals surface area (Å²) >= 11 is 1.74. The van der Waals surface area contributed by atoms with E-state index in [-0.39, 0.29) is 0 Å². The van der Waals surface area contributed by atoms with E-state index in [1.807, 2.05) is 25.3 Å². The van der Waals surface area contributed by atoms with E-state index in [0.717, 1.165) is 17.3 Å². The number of benzene rings is 1. The molecule has 0 saturated heterocycles. The van der Waals surface area contributed by atoms with Gasteiger partial charge in [0.05, 0.1) is 6.61 Å². The van der Waals surface area contributed by atoms with Gasteiger partial charge >= 0.3 is 0 Å². The summed E-state index contributed by atoms with van der Waals surface area (Å²) in [4.78, 5) is 5.61. The van der Waals surface area contributed by atoms with Crippen LogP contribution >= 0.6 is 11.3 Å². The van der Waals surface area contributed by atoms with E-state index in [2.05, 4.69) is 36.3 Å².